The van der Waals surface area contributed by atoms with Gasteiger partial charge in [-0.1, -0.05) is 46.8 Å². The molecule has 176 valence electrons. The van der Waals surface area contributed by atoms with Crippen molar-refractivity contribution in [1.29, 1.82) is 0 Å². The van der Waals surface area contributed by atoms with Crippen molar-refractivity contribution in [2.75, 3.05) is 24.6 Å². The van der Waals surface area contributed by atoms with Crippen molar-refractivity contribution in [2.24, 2.45) is 0 Å². The average molecular weight is 442 g/mol. The quantitative estimate of drug-likeness (QED) is 0.238. The number of esters is 1. The van der Waals surface area contributed by atoms with Crippen LogP contribution in [0.2, 0.25) is 0 Å². The number of rotatable bonds is 8. The lowest BCUT2D eigenvalue weighted by atomic mass is 9.74. The summed E-state index contributed by atoms with van der Waals surface area (Å²) < 4.78 is 20.5. The average Bonchev–Trinajstić information content (AvgIpc) is 2.73. The topological polar surface area (TPSA) is 29.5 Å². The molecule has 0 spiro atoms. The molecule has 0 saturated carbocycles. The van der Waals surface area contributed by atoms with Crippen molar-refractivity contribution in [3.05, 3.63) is 58.5 Å². The smallest absolute Gasteiger partial charge is 0.330 e. The molecule has 32 heavy (non-hydrogen) atoms. The molecule has 2 rings (SSSR count). The third kappa shape index (κ3) is 5.90. The van der Waals surface area contributed by atoms with Crippen LogP contribution in [0.4, 0.5) is 10.1 Å². The number of allylic oxidation sites excluding steroid dienone is 5. The first-order valence-corrected chi connectivity index (χ1v) is 11.9. The van der Waals surface area contributed by atoms with Gasteiger partial charge in [-0.2, -0.15) is 0 Å². The molecule has 0 radical (unpaired) electrons. The number of benzene rings is 1. The highest BCUT2D eigenvalue weighted by atomic mass is 19.1. The molecule has 0 bridgehead atoms. The largest absolute Gasteiger partial charge is 0.463 e. The molecule has 0 saturated heterocycles. The second-order valence-electron chi connectivity index (χ2n) is 9.49. The SMILES string of the molecule is CCOC(=O)/C=C(C)/C=C/C(F)=C(/CC)c1cc(C(C)C)cc2c1N(CC)CCC2(C)C. The number of halogens is 1. The van der Waals surface area contributed by atoms with Gasteiger partial charge in [0.2, 0.25) is 0 Å². The van der Waals surface area contributed by atoms with Crippen LogP contribution in [0.1, 0.15) is 90.8 Å². The van der Waals surface area contributed by atoms with Crippen molar-refractivity contribution < 1.29 is 13.9 Å². The van der Waals surface area contributed by atoms with E-state index in [0.29, 0.717) is 30.1 Å². The van der Waals surface area contributed by atoms with E-state index < -0.39 is 5.97 Å². The Labute approximate surface area is 194 Å². The maximum atomic E-state index is 15.6. The Morgan fingerprint density at radius 2 is 1.91 bits per heavy atom. The van der Waals surface area contributed by atoms with Crippen molar-refractivity contribution in [2.45, 2.75) is 79.6 Å². The Hall–Kier alpha value is -2.36. The van der Waals surface area contributed by atoms with Crippen LogP contribution in [0, 0.1) is 0 Å². The number of hydrogen-bond acceptors (Lipinski definition) is 3. The minimum Gasteiger partial charge on any atom is -0.463 e. The van der Waals surface area contributed by atoms with Gasteiger partial charge in [-0.3, -0.25) is 0 Å². The van der Waals surface area contributed by atoms with Crippen molar-refractivity contribution in [3.63, 3.8) is 0 Å². The summed E-state index contributed by atoms with van der Waals surface area (Å²) >= 11 is 0. The fourth-order valence-electron chi connectivity index (χ4n) is 4.27. The standard InChI is InChI=1S/C28H40FNO2/c1-9-22(25(29)13-12-20(6)16-26(31)32-11-3)23-17-21(19(4)5)18-24-27(23)30(10-2)15-14-28(24,7)8/h12-13,16-19H,9-11,14-15H2,1-8H3/b13-12+,20-16+,25-22+. The van der Waals surface area contributed by atoms with Gasteiger partial charge in [0.05, 0.1) is 6.61 Å². The zero-order chi connectivity index (χ0) is 24.1. The molecule has 1 aromatic carbocycles. The lowest BCUT2D eigenvalue weighted by Gasteiger charge is -2.42. The molecule has 1 heterocycles. The number of ether oxygens (including phenoxy) is 1. The van der Waals surface area contributed by atoms with Crippen LogP contribution in [-0.2, 0) is 14.9 Å². The molecule has 0 fully saturated rings. The lowest BCUT2D eigenvalue weighted by Crippen LogP contribution is -2.38. The fraction of sp³-hybridized carbons (Fsp3) is 0.536. The highest BCUT2D eigenvalue weighted by molar-refractivity contribution is 5.84. The summed E-state index contributed by atoms with van der Waals surface area (Å²) in [7, 11) is 0. The van der Waals surface area contributed by atoms with E-state index in [1.807, 2.05) is 6.92 Å². The predicted octanol–water partition coefficient (Wildman–Crippen LogP) is 7.47. The number of carbonyl (C=O) groups is 1. The third-order valence-electron chi connectivity index (χ3n) is 6.32. The van der Waals surface area contributed by atoms with Crippen LogP contribution < -0.4 is 4.90 Å². The molecule has 4 heteroatoms. The van der Waals surface area contributed by atoms with Crippen LogP contribution in [0.3, 0.4) is 0 Å². The molecule has 0 amide bonds. The second-order valence-corrected chi connectivity index (χ2v) is 9.49. The Bertz CT molecular complexity index is 922. The van der Waals surface area contributed by atoms with Crippen molar-refractivity contribution >= 4 is 17.2 Å². The number of nitrogens with zero attached hydrogens (tertiary/aromatic N) is 1. The Morgan fingerprint density at radius 1 is 1.22 bits per heavy atom. The third-order valence-corrected chi connectivity index (χ3v) is 6.32. The van der Waals surface area contributed by atoms with Gasteiger partial charge in [0.15, 0.2) is 0 Å². The Kier molecular flexibility index (Phi) is 8.89. The van der Waals surface area contributed by atoms with E-state index in [2.05, 4.69) is 51.7 Å². The summed E-state index contributed by atoms with van der Waals surface area (Å²) in [5.74, 6) is -0.306. The lowest BCUT2D eigenvalue weighted by molar-refractivity contribution is -0.137. The molecule has 0 atom stereocenters. The van der Waals surface area contributed by atoms with Gasteiger partial charge >= 0.3 is 5.97 Å². The van der Waals surface area contributed by atoms with Gasteiger partial charge in [0.1, 0.15) is 5.83 Å². The number of hydrogen-bond donors (Lipinski definition) is 0. The van der Waals surface area contributed by atoms with Crippen LogP contribution >= 0.6 is 0 Å². The zero-order valence-corrected chi connectivity index (χ0v) is 21.1. The maximum Gasteiger partial charge on any atom is 0.330 e. The fourth-order valence-corrected chi connectivity index (χ4v) is 4.27. The van der Waals surface area contributed by atoms with E-state index in [9.17, 15) is 4.79 Å². The van der Waals surface area contributed by atoms with Gasteiger partial charge in [0.25, 0.3) is 0 Å². The first-order chi connectivity index (χ1) is 15.0. The molecular formula is C28H40FNO2. The maximum absolute atomic E-state index is 15.6. The number of fused-ring (bicyclic) bond motifs is 1. The molecule has 1 aliphatic heterocycles. The van der Waals surface area contributed by atoms with Crippen molar-refractivity contribution in [3.8, 4) is 0 Å². The predicted molar refractivity (Wildman–Crippen MR) is 134 cm³/mol. The number of anilines is 1. The van der Waals surface area contributed by atoms with Gasteiger partial charge in [-0.25, -0.2) is 9.18 Å². The van der Waals surface area contributed by atoms with E-state index in [0.717, 1.165) is 25.1 Å². The monoisotopic (exact) mass is 441 g/mol. The van der Waals surface area contributed by atoms with Crippen LogP contribution in [-0.4, -0.2) is 25.7 Å². The molecule has 0 N–H and O–H groups in total. The van der Waals surface area contributed by atoms with E-state index >= 15 is 4.39 Å². The summed E-state index contributed by atoms with van der Waals surface area (Å²) in [5, 5.41) is 0. The summed E-state index contributed by atoms with van der Waals surface area (Å²) in [5.41, 5.74) is 6.14. The molecule has 0 aliphatic carbocycles. The minimum absolute atomic E-state index is 0.0464. The normalized spacial score (nSPS) is 16.9. The van der Waals surface area contributed by atoms with Crippen LogP contribution in [0.25, 0.3) is 5.57 Å². The first kappa shape index (κ1) is 25.9. The van der Waals surface area contributed by atoms with Gasteiger partial charge in [-0.15, -0.1) is 0 Å². The minimum atomic E-state index is -0.408. The van der Waals surface area contributed by atoms with Gasteiger partial charge in [-0.05, 0) is 79.4 Å². The summed E-state index contributed by atoms with van der Waals surface area (Å²) in [6.07, 6.45) is 6.18. The molecule has 3 nitrogen and oxygen atoms in total. The van der Waals surface area contributed by atoms with E-state index in [1.54, 1.807) is 19.9 Å². The second kappa shape index (κ2) is 11.0. The highest BCUT2D eigenvalue weighted by Crippen LogP contribution is 2.46. The molecule has 1 aromatic rings. The van der Waals surface area contributed by atoms with Crippen LogP contribution in [0.15, 0.2) is 41.8 Å². The first-order valence-electron chi connectivity index (χ1n) is 11.9. The molecular weight excluding hydrogens is 401 g/mol. The highest BCUT2D eigenvalue weighted by Gasteiger charge is 2.34. The van der Waals surface area contributed by atoms with E-state index in [-0.39, 0.29) is 11.2 Å². The van der Waals surface area contributed by atoms with Gasteiger partial charge < -0.3 is 9.64 Å². The summed E-state index contributed by atoms with van der Waals surface area (Å²) in [6.45, 7) is 18.9. The van der Waals surface area contributed by atoms with Gasteiger partial charge in [0, 0.05) is 30.4 Å². The van der Waals surface area contributed by atoms with E-state index in [4.69, 9.17) is 4.74 Å². The van der Waals surface area contributed by atoms with E-state index in [1.165, 1.54) is 29.0 Å². The van der Waals surface area contributed by atoms with Crippen LogP contribution in [0.5, 0.6) is 0 Å². The Morgan fingerprint density at radius 3 is 2.47 bits per heavy atom. The molecule has 1 aliphatic rings. The van der Waals surface area contributed by atoms with Crippen molar-refractivity contribution in [1.82, 2.24) is 0 Å². The number of carbonyl (C=O) groups excluding carboxylic acids is 1. The zero-order valence-electron chi connectivity index (χ0n) is 21.1. The molecule has 0 aromatic heterocycles. The summed E-state index contributed by atoms with van der Waals surface area (Å²) in [4.78, 5) is 14.0. The molecule has 0 unspecified atom stereocenters. The Balaban J connectivity index is 2.65. The summed E-state index contributed by atoms with van der Waals surface area (Å²) in [6, 6.07) is 4.51.